The molecule has 0 radical (unpaired) electrons. The molecule has 0 aliphatic rings. The standard InChI is InChI=1S/C23H24ClN7O3/c1-13(2)26-22-19(23-28-21(30-34-23)14-7-9-15(24)10-8-14)20(25)31(29-22)12-18(32)27-16-5-4-6-17(11-16)33-3/h4-11,13H,12,25H2,1-3H3,(H,26,29)(H,27,32). The summed E-state index contributed by atoms with van der Waals surface area (Å²) < 4.78 is 12.1. The summed E-state index contributed by atoms with van der Waals surface area (Å²) in [6.07, 6.45) is 0. The highest BCUT2D eigenvalue weighted by Gasteiger charge is 2.24. The molecule has 10 nitrogen and oxygen atoms in total. The first-order chi connectivity index (χ1) is 16.3. The van der Waals surface area contributed by atoms with Crippen molar-refractivity contribution < 1.29 is 14.1 Å². The van der Waals surface area contributed by atoms with Crippen LogP contribution in [-0.2, 0) is 11.3 Å². The number of amides is 1. The molecule has 2 heterocycles. The van der Waals surface area contributed by atoms with Gasteiger partial charge in [0.15, 0.2) is 5.82 Å². The van der Waals surface area contributed by atoms with E-state index in [2.05, 4.69) is 25.9 Å². The molecular formula is C23H24ClN7O3. The summed E-state index contributed by atoms with van der Waals surface area (Å²) in [6.45, 7) is 3.80. The van der Waals surface area contributed by atoms with Crippen molar-refractivity contribution in [3.8, 4) is 28.6 Å². The molecule has 2 aromatic carbocycles. The lowest BCUT2D eigenvalue weighted by Gasteiger charge is -2.08. The molecule has 0 fully saturated rings. The van der Waals surface area contributed by atoms with E-state index < -0.39 is 0 Å². The van der Waals surface area contributed by atoms with Crippen LogP contribution >= 0.6 is 11.6 Å². The van der Waals surface area contributed by atoms with Gasteiger partial charge in [-0.2, -0.15) is 10.1 Å². The SMILES string of the molecule is COc1cccc(NC(=O)Cn2nc(NC(C)C)c(-c3nc(-c4ccc(Cl)cc4)no3)c2N)c1. The second-order valence-electron chi connectivity index (χ2n) is 7.78. The molecule has 2 aromatic heterocycles. The number of methoxy groups -OCH3 is 1. The predicted molar refractivity (Wildman–Crippen MR) is 131 cm³/mol. The Bertz CT molecular complexity index is 1300. The van der Waals surface area contributed by atoms with Crippen LogP contribution in [0, 0.1) is 0 Å². The number of rotatable bonds is 8. The molecule has 0 unspecified atom stereocenters. The normalized spacial score (nSPS) is 11.0. The van der Waals surface area contributed by atoms with Crippen LogP contribution in [0.5, 0.6) is 5.75 Å². The van der Waals surface area contributed by atoms with E-state index in [1.165, 1.54) is 4.68 Å². The first-order valence-corrected chi connectivity index (χ1v) is 10.9. The number of hydrogen-bond donors (Lipinski definition) is 3. The quantitative estimate of drug-likeness (QED) is 0.339. The Balaban J connectivity index is 1.61. The molecule has 11 heteroatoms. The largest absolute Gasteiger partial charge is 0.497 e. The summed E-state index contributed by atoms with van der Waals surface area (Å²) in [5.41, 5.74) is 8.14. The van der Waals surface area contributed by atoms with E-state index in [1.807, 2.05) is 13.8 Å². The van der Waals surface area contributed by atoms with Crippen LogP contribution in [0.1, 0.15) is 13.8 Å². The van der Waals surface area contributed by atoms with E-state index in [4.69, 9.17) is 26.6 Å². The minimum absolute atomic E-state index is 0.0470. The van der Waals surface area contributed by atoms with Gasteiger partial charge in [0.05, 0.1) is 7.11 Å². The summed E-state index contributed by atoms with van der Waals surface area (Å²) in [6, 6.07) is 14.2. The fraction of sp³-hybridized carbons (Fsp3) is 0.217. The highest BCUT2D eigenvalue weighted by Crippen LogP contribution is 2.34. The van der Waals surface area contributed by atoms with Gasteiger partial charge in [0.25, 0.3) is 5.89 Å². The molecule has 4 rings (SSSR count). The van der Waals surface area contributed by atoms with Gasteiger partial charge in [0.1, 0.15) is 23.7 Å². The van der Waals surface area contributed by atoms with E-state index >= 15 is 0 Å². The highest BCUT2D eigenvalue weighted by atomic mass is 35.5. The fourth-order valence-electron chi connectivity index (χ4n) is 3.26. The lowest BCUT2D eigenvalue weighted by Crippen LogP contribution is -2.21. The number of benzene rings is 2. The molecule has 0 spiro atoms. The summed E-state index contributed by atoms with van der Waals surface area (Å²) in [4.78, 5) is 17.2. The zero-order valence-corrected chi connectivity index (χ0v) is 19.6. The van der Waals surface area contributed by atoms with Crippen LogP contribution in [0.15, 0.2) is 53.1 Å². The number of ether oxygens (including phenoxy) is 1. The highest BCUT2D eigenvalue weighted by molar-refractivity contribution is 6.30. The van der Waals surface area contributed by atoms with Crippen LogP contribution in [0.2, 0.25) is 5.02 Å². The van der Waals surface area contributed by atoms with Crippen LogP contribution in [0.3, 0.4) is 0 Å². The summed E-state index contributed by atoms with van der Waals surface area (Å²) >= 11 is 5.96. The third-order valence-electron chi connectivity index (χ3n) is 4.81. The molecule has 0 aliphatic carbocycles. The summed E-state index contributed by atoms with van der Waals surface area (Å²) in [5, 5.41) is 15.2. The molecule has 4 N–H and O–H groups in total. The number of nitrogens with two attached hydrogens (primary N) is 1. The maximum Gasteiger partial charge on any atom is 0.265 e. The number of aromatic nitrogens is 4. The zero-order chi connectivity index (χ0) is 24.2. The third kappa shape index (κ3) is 5.12. The lowest BCUT2D eigenvalue weighted by molar-refractivity contribution is -0.116. The Hall–Kier alpha value is -4.05. The monoisotopic (exact) mass is 481 g/mol. The van der Waals surface area contributed by atoms with Gasteiger partial charge >= 0.3 is 0 Å². The van der Waals surface area contributed by atoms with Crippen molar-refractivity contribution >= 4 is 34.8 Å². The molecule has 0 aliphatic heterocycles. The number of carbonyl (C=O) groups excluding carboxylic acids is 1. The van der Waals surface area contributed by atoms with Gasteiger partial charge in [0, 0.05) is 28.4 Å². The van der Waals surface area contributed by atoms with Gasteiger partial charge in [-0.1, -0.05) is 22.8 Å². The smallest absolute Gasteiger partial charge is 0.265 e. The second kappa shape index (κ2) is 9.84. The Kier molecular flexibility index (Phi) is 6.69. The van der Waals surface area contributed by atoms with Gasteiger partial charge in [-0.25, -0.2) is 4.68 Å². The molecule has 176 valence electrons. The topological polar surface area (TPSA) is 133 Å². The van der Waals surface area contributed by atoms with Crippen LogP contribution in [-0.4, -0.2) is 39.0 Å². The maximum atomic E-state index is 12.7. The molecule has 0 saturated carbocycles. The van der Waals surface area contributed by atoms with Crippen molar-refractivity contribution in [2.24, 2.45) is 0 Å². The Labute approximate surface area is 201 Å². The average molecular weight is 482 g/mol. The first-order valence-electron chi connectivity index (χ1n) is 10.5. The van der Waals surface area contributed by atoms with Crippen molar-refractivity contribution in [2.45, 2.75) is 26.4 Å². The molecule has 0 atom stereocenters. The van der Waals surface area contributed by atoms with E-state index in [9.17, 15) is 4.79 Å². The fourth-order valence-corrected chi connectivity index (χ4v) is 3.39. The van der Waals surface area contributed by atoms with E-state index in [0.29, 0.717) is 33.7 Å². The minimum Gasteiger partial charge on any atom is -0.497 e. The van der Waals surface area contributed by atoms with Crippen LogP contribution in [0.25, 0.3) is 22.8 Å². The van der Waals surface area contributed by atoms with Crippen molar-refractivity contribution in [2.75, 3.05) is 23.5 Å². The number of hydrogen-bond acceptors (Lipinski definition) is 8. The van der Waals surface area contributed by atoms with Crippen molar-refractivity contribution in [1.29, 1.82) is 0 Å². The zero-order valence-electron chi connectivity index (χ0n) is 18.9. The van der Waals surface area contributed by atoms with Crippen molar-refractivity contribution in [1.82, 2.24) is 19.9 Å². The number of carbonyl (C=O) groups is 1. The Morgan fingerprint density at radius 2 is 2.00 bits per heavy atom. The Morgan fingerprint density at radius 1 is 1.24 bits per heavy atom. The van der Waals surface area contributed by atoms with Crippen molar-refractivity contribution in [3.63, 3.8) is 0 Å². The summed E-state index contributed by atoms with van der Waals surface area (Å²) in [7, 11) is 1.56. The van der Waals surface area contributed by atoms with Gasteiger partial charge < -0.3 is 25.6 Å². The lowest BCUT2D eigenvalue weighted by atomic mass is 10.2. The molecule has 4 aromatic rings. The first kappa shape index (κ1) is 23.1. The van der Waals surface area contributed by atoms with Gasteiger partial charge in [-0.15, -0.1) is 0 Å². The molecule has 0 bridgehead atoms. The summed E-state index contributed by atoms with van der Waals surface area (Å²) in [5.74, 6) is 1.55. The number of nitrogens with zero attached hydrogens (tertiary/aromatic N) is 4. The van der Waals surface area contributed by atoms with Crippen LogP contribution in [0.4, 0.5) is 17.3 Å². The van der Waals surface area contributed by atoms with Gasteiger partial charge in [0.2, 0.25) is 11.7 Å². The average Bonchev–Trinajstić information content (AvgIpc) is 3.38. The van der Waals surface area contributed by atoms with Crippen LogP contribution < -0.4 is 21.1 Å². The minimum atomic E-state index is -0.308. The molecule has 0 saturated heterocycles. The predicted octanol–water partition coefficient (Wildman–Crippen LogP) is 4.30. The second-order valence-corrected chi connectivity index (χ2v) is 8.21. The maximum absolute atomic E-state index is 12.7. The van der Waals surface area contributed by atoms with Gasteiger partial charge in [-0.3, -0.25) is 4.79 Å². The van der Waals surface area contributed by atoms with Gasteiger partial charge in [-0.05, 0) is 50.2 Å². The Morgan fingerprint density at radius 3 is 2.71 bits per heavy atom. The van der Waals surface area contributed by atoms with E-state index in [1.54, 1.807) is 55.6 Å². The molecule has 34 heavy (non-hydrogen) atoms. The number of nitrogens with one attached hydrogen (secondary N) is 2. The van der Waals surface area contributed by atoms with E-state index in [-0.39, 0.29) is 30.2 Å². The third-order valence-corrected chi connectivity index (χ3v) is 5.06. The number of halogens is 1. The van der Waals surface area contributed by atoms with E-state index in [0.717, 1.165) is 5.56 Å². The number of nitrogen functional groups attached to an aromatic ring is 1. The molecular weight excluding hydrogens is 458 g/mol. The molecule has 1 amide bonds. The number of anilines is 3. The van der Waals surface area contributed by atoms with Crippen molar-refractivity contribution in [3.05, 3.63) is 53.6 Å².